The van der Waals surface area contributed by atoms with Crippen LogP contribution in [0.2, 0.25) is 0 Å². The van der Waals surface area contributed by atoms with E-state index >= 15 is 0 Å². The van der Waals surface area contributed by atoms with Crippen molar-refractivity contribution in [2.24, 2.45) is 0 Å². The average Bonchev–Trinajstić information content (AvgIpc) is 2.81. The molecule has 2 N–H and O–H groups in total. The Morgan fingerprint density at radius 2 is 1.09 bits per heavy atom. The van der Waals surface area contributed by atoms with Gasteiger partial charge < -0.3 is 19.7 Å². The predicted octanol–water partition coefficient (Wildman–Crippen LogP) is 1.85. The van der Waals surface area contributed by atoms with Crippen molar-refractivity contribution in [3.05, 3.63) is 0 Å². The molecule has 2 aliphatic rings. The van der Waals surface area contributed by atoms with Crippen molar-refractivity contribution in [3.63, 3.8) is 0 Å². The quantitative estimate of drug-likeness (QED) is 0.465. The van der Waals surface area contributed by atoms with Crippen LogP contribution in [0.5, 0.6) is 0 Å². The van der Waals surface area contributed by atoms with Crippen molar-refractivity contribution >= 4 is 11.9 Å². The lowest BCUT2D eigenvalue weighted by molar-refractivity contribution is -0.167. The van der Waals surface area contributed by atoms with E-state index in [2.05, 4.69) is 0 Å². The van der Waals surface area contributed by atoms with Crippen molar-refractivity contribution in [3.8, 4) is 0 Å². The third kappa shape index (κ3) is 6.11. The van der Waals surface area contributed by atoms with Crippen LogP contribution in [-0.2, 0) is 19.1 Å². The number of aliphatic hydroxyl groups excluding tert-OH is 2. The van der Waals surface area contributed by atoms with E-state index in [0.29, 0.717) is 25.7 Å². The summed E-state index contributed by atoms with van der Waals surface area (Å²) in [7, 11) is 0. The van der Waals surface area contributed by atoms with Crippen molar-refractivity contribution in [1.82, 2.24) is 0 Å². The fourth-order valence-corrected chi connectivity index (χ4v) is 3.32. The molecular weight excluding hydrogens is 300 g/mol. The Hall–Kier alpha value is -1.14. The highest BCUT2D eigenvalue weighted by atomic mass is 16.6. The molecule has 0 aromatic heterocycles. The highest BCUT2D eigenvalue weighted by Crippen LogP contribution is 2.22. The van der Waals surface area contributed by atoms with Gasteiger partial charge in [-0.05, 0) is 38.5 Å². The topological polar surface area (TPSA) is 93.1 Å². The summed E-state index contributed by atoms with van der Waals surface area (Å²) in [5, 5.41) is 19.9. The second kappa shape index (κ2) is 9.23. The number of esters is 2. The molecule has 0 saturated heterocycles. The first-order chi connectivity index (χ1) is 11.1. The SMILES string of the molecule is O=C(CC(=O)O[C@@H]1CCCCC[C@@H]1O)O[C@H]1CCCCC[C@H]1O. The fourth-order valence-electron chi connectivity index (χ4n) is 3.32. The van der Waals surface area contributed by atoms with Crippen LogP contribution in [-0.4, -0.2) is 46.6 Å². The number of carbonyl (C=O) groups is 2. The van der Waals surface area contributed by atoms with E-state index in [4.69, 9.17) is 9.47 Å². The molecule has 0 bridgehead atoms. The maximum absolute atomic E-state index is 11.9. The van der Waals surface area contributed by atoms with Crippen LogP contribution in [0.3, 0.4) is 0 Å². The third-order valence-electron chi connectivity index (χ3n) is 4.69. The monoisotopic (exact) mass is 328 g/mol. The summed E-state index contributed by atoms with van der Waals surface area (Å²) in [5.74, 6) is -1.33. The standard InChI is InChI=1S/C17H28O6/c18-12-7-3-1-5-9-14(12)22-16(20)11-17(21)23-15-10-6-2-4-8-13(15)19/h12-15,18-19H,1-11H2/t12-,13+,14+,15-. The minimum atomic E-state index is -0.663. The summed E-state index contributed by atoms with van der Waals surface area (Å²) in [5.41, 5.74) is 0. The predicted molar refractivity (Wildman–Crippen MR) is 82.6 cm³/mol. The minimum Gasteiger partial charge on any atom is -0.459 e. The molecule has 23 heavy (non-hydrogen) atoms. The molecular formula is C17H28O6. The first kappa shape index (κ1) is 18.2. The smallest absolute Gasteiger partial charge is 0.317 e. The largest absolute Gasteiger partial charge is 0.459 e. The molecule has 0 amide bonds. The van der Waals surface area contributed by atoms with Crippen LogP contribution in [0, 0.1) is 0 Å². The number of carbonyl (C=O) groups excluding carboxylic acids is 2. The summed E-state index contributed by atoms with van der Waals surface area (Å²) in [6.07, 6.45) is 5.39. The normalized spacial score (nSPS) is 32.4. The van der Waals surface area contributed by atoms with Crippen LogP contribution in [0.25, 0.3) is 0 Å². The van der Waals surface area contributed by atoms with E-state index in [1.165, 1.54) is 0 Å². The molecule has 4 atom stereocenters. The van der Waals surface area contributed by atoms with Gasteiger partial charge in [-0.3, -0.25) is 9.59 Å². The van der Waals surface area contributed by atoms with Gasteiger partial charge in [0.05, 0.1) is 12.2 Å². The Bertz CT molecular complexity index is 361. The molecule has 2 rings (SSSR count). The van der Waals surface area contributed by atoms with Crippen LogP contribution in [0.15, 0.2) is 0 Å². The van der Waals surface area contributed by atoms with E-state index in [1.54, 1.807) is 0 Å². The summed E-state index contributed by atoms with van der Waals surface area (Å²) >= 11 is 0. The van der Waals surface area contributed by atoms with Gasteiger partial charge in [0, 0.05) is 0 Å². The Labute approximate surface area is 137 Å². The highest BCUT2D eigenvalue weighted by molar-refractivity contribution is 5.91. The second-order valence-corrected chi connectivity index (χ2v) is 6.64. The van der Waals surface area contributed by atoms with Gasteiger partial charge in [0.1, 0.15) is 18.6 Å². The summed E-state index contributed by atoms with van der Waals surface area (Å²) < 4.78 is 10.5. The summed E-state index contributed by atoms with van der Waals surface area (Å²) in [4.78, 5) is 23.7. The molecule has 132 valence electrons. The van der Waals surface area contributed by atoms with Crippen molar-refractivity contribution in [1.29, 1.82) is 0 Å². The van der Waals surface area contributed by atoms with Gasteiger partial charge in [-0.1, -0.05) is 25.7 Å². The van der Waals surface area contributed by atoms with Crippen molar-refractivity contribution in [2.45, 2.75) is 95.0 Å². The molecule has 0 aromatic carbocycles. The zero-order valence-corrected chi connectivity index (χ0v) is 13.6. The lowest BCUT2D eigenvalue weighted by Gasteiger charge is -2.22. The van der Waals surface area contributed by atoms with E-state index in [-0.39, 0.29) is 0 Å². The third-order valence-corrected chi connectivity index (χ3v) is 4.69. The van der Waals surface area contributed by atoms with Gasteiger partial charge in [-0.15, -0.1) is 0 Å². The van der Waals surface area contributed by atoms with Crippen molar-refractivity contribution < 1.29 is 29.3 Å². The van der Waals surface area contributed by atoms with Crippen molar-refractivity contribution in [2.75, 3.05) is 0 Å². The van der Waals surface area contributed by atoms with Gasteiger partial charge in [0.15, 0.2) is 0 Å². The van der Waals surface area contributed by atoms with E-state index in [9.17, 15) is 19.8 Å². The molecule has 0 unspecified atom stereocenters. The number of aliphatic hydroxyl groups is 2. The molecule has 2 saturated carbocycles. The molecule has 2 fully saturated rings. The molecule has 2 aliphatic carbocycles. The first-order valence-corrected chi connectivity index (χ1v) is 8.81. The maximum Gasteiger partial charge on any atom is 0.317 e. The molecule has 0 aliphatic heterocycles. The minimum absolute atomic E-state index is 0.466. The number of ether oxygens (including phenoxy) is 2. The maximum atomic E-state index is 11.9. The number of rotatable bonds is 4. The highest BCUT2D eigenvalue weighted by Gasteiger charge is 2.29. The second-order valence-electron chi connectivity index (χ2n) is 6.64. The van der Waals surface area contributed by atoms with Crippen LogP contribution < -0.4 is 0 Å². The fraction of sp³-hybridized carbons (Fsp3) is 0.882. The van der Waals surface area contributed by atoms with E-state index < -0.39 is 42.8 Å². The number of hydrogen-bond donors (Lipinski definition) is 2. The Morgan fingerprint density at radius 3 is 1.52 bits per heavy atom. The zero-order chi connectivity index (χ0) is 16.7. The average molecular weight is 328 g/mol. The van der Waals surface area contributed by atoms with Crippen LogP contribution >= 0.6 is 0 Å². The summed E-state index contributed by atoms with van der Waals surface area (Å²) in [6.45, 7) is 0. The molecule has 6 heteroatoms. The Morgan fingerprint density at radius 1 is 0.696 bits per heavy atom. The molecule has 0 radical (unpaired) electrons. The van der Waals surface area contributed by atoms with Gasteiger partial charge >= 0.3 is 11.9 Å². The van der Waals surface area contributed by atoms with Gasteiger partial charge in [0.2, 0.25) is 0 Å². The van der Waals surface area contributed by atoms with Gasteiger partial charge in [0.25, 0.3) is 0 Å². The lowest BCUT2D eigenvalue weighted by Crippen LogP contribution is -2.33. The Balaban J connectivity index is 1.76. The molecule has 0 heterocycles. The van der Waals surface area contributed by atoms with Gasteiger partial charge in [-0.25, -0.2) is 0 Å². The number of hydrogen-bond acceptors (Lipinski definition) is 6. The summed E-state index contributed by atoms with van der Waals surface area (Å²) in [6, 6.07) is 0. The van der Waals surface area contributed by atoms with Gasteiger partial charge in [-0.2, -0.15) is 0 Å². The van der Waals surface area contributed by atoms with Crippen LogP contribution in [0.1, 0.15) is 70.6 Å². The first-order valence-electron chi connectivity index (χ1n) is 8.81. The molecule has 0 aromatic rings. The Kier molecular flexibility index (Phi) is 7.30. The van der Waals surface area contributed by atoms with Crippen LogP contribution in [0.4, 0.5) is 0 Å². The zero-order valence-electron chi connectivity index (χ0n) is 13.6. The van der Waals surface area contributed by atoms with E-state index in [0.717, 1.165) is 38.5 Å². The lowest BCUT2D eigenvalue weighted by atomic mass is 10.1. The molecule has 0 spiro atoms. The molecule has 6 nitrogen and oxygen atoms in total. The van der Waals surface area contributed by atoms with E-state index in [1.807, 2.05) is 0 Å².